The van der Waals surface area contributed by atoms with Crippen LogP contribution in [0.2, 0.25) is 0 Å². The van der Waals surface area contributed by atoms with Gasteiger partial charge in [0.2, 0.25) is 5.91 Å². The van der Waals surface area contributed by atoms with Crippen LogP contribution in [0.3, 0.4) is 0 Å². The van der Waals surface area contributed by atoms with Crippen LogP contribution in [0.25, 0.3) is 0 Å². The highest BCUT2D eigenvalue weighted by molar-refractivity contribution is 5.92. The highest BCUT2D eigenvalue weighted by Crippen LogP contribution is 1.97. The van der Waals surface area contributed by atoms with Gasteiger partial charge >= 0.3 is 0 Å². The fourth-order valence-electron chi connectivity index (χ4n) is 0.516. The average molecular weight is 125 g/mol. The first-order valence-electron chi connectivity index (χ1n) is 2.83. The summed E-state index contributed by atoms with van der Waals surface area (Å²) in [6.07, 6.45) is 3.85. The van der Waals surface area contributed by atoms with Crippen LogP contribution in [-0.4, -0.2) is 5.91 Å². The second-order valence-electron chi connectivity index (χ2n) is 1.65. The first-order chi connectivity index (χ1) is 4.22. The van der Waals surface area contributed by atoms with Crippen LogP contribution in [0.1, 0.15) is 13.3 Å². The third kappa shape index (κ3) is 2.69. The van der Waals surface area contributed by atoms with Crippen LogP contribution in [0.15, 0.2) is 24.3 Å². The summed E-state index contributed by atoms with van der Waals surface area (Å²) >= 11 is 0. The molecule has 0 saturated carbocycles. The number of hydrogen-bond acceptors (Lipinski definition) is 1. The molecule has 0 spiro atoms. The maximum atomic E-state index is 10.4. The summed E-state index contributed by atoms with van der Waals surface area (Å²) in [4.78, 5) is 10.4. The Balaban J connectivity index is 4.14. The molecule has 0 fully saturated rings. The Morgan fingerprint density at radius 1 is 1.78 bits per heavy atom. The lowest BCUT2D eigenvalue weighted by Crippen LogP contribution is -2.12. The smallest absolute Gasteiger partial charge is 0.244 e. The van der Waals surface area contributed by atoms with E-state index >= 15 is 0 Å². The molecule has 0 heterocycles. The Hall–Kier alpha value is -1.05. The summed E-state index contributed by atoms with van der Waals surface area (Å²) in [7, 11) is 0. The molecule has 0 aromatic rings. The zero-order valence-electron chi connectivity index (χ0n) is 5.55. The van der Waals surface area contributed by atoms with Gasteiger partial charge in [-0.25, -0.2) is 0 Å². The molecule has 2 N–H and O–H groups in total. The Bertz CT molecular complexity index is 147. The lowest BCUT2D eigenvalue weighted by Gasteiger charge is -1.93. The standard InChI is InChI=1S/C7H11NO/c1-3-5-6(4-2)7(8)9/h3,5H,1,4H2,2H3,(H2,8,9). The van der Waals surface area contributed by atoms with E-state index in [-0.39, 0.29) is 5.91 Å². The maximum Gasteiger partial charge on any atom is 0.244 e. The summed E-state index contributed by atoms with van der Waals surface area (Å²) < 4.78 is 0. The number of carbonyl (C=O) groups excluding carboxylic acids is 1. The van der Waals surface area contributed by atoms with E-state index in [1.165, 1.54) is 0 Å². The van der Waals surface area contributed by atoms with E-state index in [9.17, 15) is 4.79 Å². The van der Waals surface area contributed by atoms with Crippen molar-refractivity contribution in [2.75, 3.05) is 0 Å². The summed E-state index contributed by atoms with van der Waals surface area (Å²) in [6, 6.07) is 0. The highest BCUT2D eigenvalue weighted by Gasteiger charge is 1.97. The monoisotopic (exact) mass is 125 g/mol. The third-order valence-corrected chi connectivity index (χ3v) is 1.02. The molecule has 0 saturated heterocycles. The predicted molar refractivity (Wildman–Crippen MR) is 37.8 cm³/mol. The van der Waals surface area contributed by atoms with Crippen molar-refractivity contribution < 1.29 is 4.79 Å². The van der Waals surface area contributed by atoms with E-state index in [0.29, 0.717) is 12.0 Å². The van der Waals surface area contributed by atoms with Gasteiger partial charge in [0.05, 0.1) is 0 Å². The lowest BCUT2D eigenvalue weighted by molar-refractivity contribution is -0.114. The van der Waals surface area contributed by atoms with Crippen LogP contribution in [0.4, 0.5) is 0 Å². The number of nitrogens with two attached hydrogens (primary N) is 1. The first kappa shape index (κ1) is 7.95. The van der Waals surface area contributed by atoms with E-state index in [1.54, 1.807) is 12.2 Å². The quantitative estimate of drug-likeness (QED) is 0.443. The van der Waals surface area contributed by atoms with Crippen LogP contribution < -0.4 is 5.73 Å². The van der Waals surface area contributed by atoms with E-state index in [1.807, 2.05) is 6.92 Å². The van der Waals surface area contributed by atoms with Crippen molar-refractivity contribution in [2.45, 2.75) is 13.3 Å². The fraction of sp³-hybridized carbons (Fsp3) is 0.286. The maximum absolute atomic E-state index is 10.4. The average Bonchev–Trinajstić information content (AvgIpc) is 1.82. The first-order valence-corrected chi connectivity index (χ1v) is 2.83. The number of primary amides is 1. The largest absolute Gasteiger partial charge is 0.366 e. The van der Waals surface area contributed by atoms with Crippen molar-refractivity contribution in [1.29, 1.82) is 0 Å². The minimum Gasteiger partial charge on any atom is -0.366 e. The molecular weight excluding hydrogens is 114 g/mol. The van der Waals surface area contributed by atoms with Crippen LogP contribution in [0, 0.1) is 0 Å². The molecule has 0 aliphatic carbocycles. The minimum atomic E-state index is -0.364. The number of allylic oxidation sites excluding steroid dienone is 2. The molecule has 0 aromatic heterocycles. The summed E-state index contributed by atoms with van der Waals surface area (Å²) in [5.41, 5.74) is 5.59. The molecular formula is C7H11NO. The molecule has 0 atom stereocenters. The molecule has 9 heavy (non-hydrogen) atoms. The van der Waals surface area contributed by atoms with Gasteiger partial charge in [0, 0.05) is 5.57 Å². The molecule has 0 aliphatic rings. The summed E-state index contributed by atoms with van der Waals surface area (Å²) in [5, 5.41) is 0. The Labute approximate surface area is 55.1 Å². The molecule has 0 rings (SSSR count). The zero-order chi connectivity index (χ0) is 7.28. The number of rotatable bonds is 3. The van der Waals surface area contributed by atoms with Crippen molar-refractivity contribution in [3.05, 3.63) is 24.3 Å². The van der Waals surface area contributed by atoms with Crippen molar-refractivity contribution in [2.24, 2.45) is 5.73 Å². The topological polar surface area (TPSA) is 43.1 Å². The van der Waals surface area contributed by atoms with Gasteiger partial charge in [-0.05, 0) is 6.42 Å². The van der Waals surface area contributed by atoms with Crippen molar-refractivity contribution >= 4 is 5.91 Å². The number of hydrogen-bond donors (Lipinski definition) is 1. The Kier molecular flexibility index (Phi) is 3.44. The summed E-state index contributed by atoms with van der Waals surface area (Å²) in [5.74, 6) is -0.364. The SMILES string of the molecule is C=CC=C(CC)C(N)=O. The van der Waals surface area contributed by atoms with Crippen LogP contribution in [-0.2, 0) is 4.79 Å². The normalized spacial score (nSPS) is 11.0. The van der Waals surface area contributed by atoms with Crippen molar-refractivity contribution in [3.63, 3.8) is 0 Å². The van der Waals surface area contributed by atoms with Gasteiger partial charge in [0.15, 0.2) is 0 Å². The van der Waals surface area contributed by atoms with Gasteiger partial charge in [0.25, 0.3) is 0 Å². The van der Waals surface area contributed by atoms with Gasteiger partial charge in [-0.2, -0.15) is 0 Å². The molecule has 0 aromatic carbocycles. The molecule has 2 heteroatoms. The molecule has 0 aliphatic heterocycles. The van der Waals surface area contributed by atoms with Crippen molar-refractivity contribution in [1.82, 2.24) is 0 Å². The third-order valence-electron chi connectivity index (χ3n) is 1.02. The van der Waals surface area contributed by atoms with Gasteiger partial charge < -0.3 is 5.73 Å². The highest BCUT2D eigenvalue weighted by atomic mass is 16.1. The second-order valence-corrected chi connectivity index (χ2v) is 1.65. The molecule has 0 radical (unpaired) electrons. The molecule has 1 amide bonds. The second kappa shape index (κ2) is 3.89. The van der Waals surface area contributed by atoms with Gasteiger partial charge in [0.1, 0.15) is 0 Å². The van der Waals surface area contributed by atoms with E-state index in [4.69, 9.17) is 5.73 Å². The summed E-state index contributed by atoms with van der Waals surface area (Å²) in [6.45, 7) is 5.32. The van der Waals surface area contributed by atoms with E-state index in [2.05, 4.69) is 6.58 Å². The molecule has 2 nitrogen and oxygen atoms in total. The van der Waals surface area contributed by atoms with E-state index < -0.39 is 0 Å². The minimum absolute atomic E-state index is 0.364. The zero-order valence-corrected chi connectivity index (χ0v) is 5.55. The van der Waals surface area contributed by atoms with Crippen LogP contribution in [0.5, 0.6) is 0 Å². The predicted octanol–water partition coefficient (Wildman–Crippen LogP) is 0.994. The molecule has 0 unspecified atom stereocenters. The van der Waals surface area contributed by atoms with Crippen molar-refractivity contribution in [3.8, 4) is 0 Å². The number of carbonyl (C=O) groups is 1. The Morgan fingerprint density at radius 2 is 2.33 bits per heavy atom. The number of amides is 1. The van der Waals surface area contributed by atoms with Gasteiger partial charge in [-0.3, -0.25) is 4.79 Å². The molecule has 50 valence electrons. The Morgan fingerprint density at radius 3 is 2.44 bits per heavy atom. The van der Waals surface area contributed by atoms with Gasteiger partial charge in [-0.1, -0.05) is 25.7 Å². The van der Waals surface area contributed by atoms with E-state index in [0.717, 1.165) is 0 Å². The lowest BCUT2D eigenvalue weighted by atomic mass is 10.2. The fourth-order valence-corrected chi connectivity index (χ4v) is 0.516. The molecule has 0 bridgehead atoms. The van der Waals surface area contributed by atoms with Crippen LogP contribution >= 0.6 is 0 Å². The van der Waals surface area contributed by atoms with Gasteiger partial charge in [-0.15, -0.1) is 0 Å².